The Balaban J connectivity index is 2.92. The maximum atomic E-state index is 11.9. The lowest BCUT2D eigenvalue weighted by Crippen LogP contribution is -2.24. The number of nitro groups is 1. The molecule has 1 N–H and O–H groups in total. The van der Waals surface area contributed by atoms with Crippen LogP contribution in [-0.4, -0.2) is 28.7 Å². The number of aromatic hydroxyl groups is 1. The van der Waals surface area contributed by atoms with E-state index in [2.05, 4.69) is 0 Å². The van der Waals surface area contributed by atoms with Crippen LogP contribution in [0.5, 0.6) is 11.5 Å². The minimum Gasteiger partial charge on any atom is -0.504 e. The molecule has 27 heavy (non-hydrogen) atoms. The minimum absolute atomic E-state index is 0.0293. The van der Waals surface area contributed by atoms with Gasteiger partial charge in [0, 0.05) is 5.56 Å². The number of esters is 1. The number of carbonyl (C=O) groups is 1. The summed E-state index contributed by atoms with van der Waals surface area (Å²) in [4.78, 5) is 23.2. The molecule has 0 spiro atoms. The Bertz CT molecular complexity index is 869. The molecule has 0 bridgehead atoms. The normalized spacial score (nSPS) is 11.1. The molecule has 0 aliphatic rings. The first-order valence-electron chi connectivity index (χ1n) is 8.40. The second-order valence-electron chi connectivity index (χ2n) is 7.10. The van der Waals surface area contributed by atoms with E-state index in [0.717, 1.165) is 0 Å². The number of carbonyl (C=O) groups excluding carboxylic acids is 1. The lowest BCUT2D eigenvalue weighted by Gasteiger charge is -2.25. The van der Waals surface area contributed by atoms with Crippen molar-refractivity contribution in [1.29, 1.82) is 0 Å². The van der Waals surface area contributed by atoms with Gasteiger partial charge in [-0.15, -0.1) is 0 Å². The molecule has 0 unspecified atom stereocenters. The molecule has 0 saturated heterocycles. The van der Waals surface area contributed by atoms with Crippen LogP contribution in [-0.2, 0) is 16.0 Å². The maximum Gasteiger partial charge on any atom is 0.310 e. The van der Waals surface area contributed by atoms with E-state index in [4.69, 9.17) is 9.47 Å². The third-order valence-electron chi connectivity index (χ3n) is 3.94. The second kappa shape index (κ2) is 7.65. The average Bonchev–Trinajstić information content (AvgIpc) is 2.58. The number of hydrogen-bond donors (Lipinski definition) is 1. The molecule has 0 heterocycles. The minimum atomic E-state index is -0.687. The molecule has 2 rings (SSSR count). The molecule has 0 radical (unpaired) electrons. The highest BCUT2D eigenvalue weighted by Crippen LogP contribution is 2.48. The Morgan fingerprint density at radius 1 is 1.22 bits per heavy atom. The van der Waals surface area contributed by atoms with E-state index >= 15 is 0 Å². The van der Waals surface area contributed by atoms with E-state index in [-0.39, 0.29) is 40.3 Å². The molecule has 0 aromatic heterocycles. The molecule has 2 aromatic carbocycles. The van der Waals surface area contributed by atoms with Gasteiger partial charge in [0.2, 0.25) is 0 Å². The van der Waals surface area contributed by atoms with E-state index in [1.807, 2.05) is 0 Å². The van der Waals surface area contributed by atoms with E-state index in [1.165, 1.54) is 14.0 Å². The van der Waals surface area contributed by atoms with Crippen LogP contribution in [0.3, 0.4) is 0 Å². The Kier molecular flexibility index (Phi) is 5.73. The Labute approximate surface area is 157 Å². The zero-order valence-electron chi connectivity index (χ0n) is 16.0. The monoisotopic (exact) mass is 373 g/mol. The highest BCUT2D eigenvalue weighted by atomic mass is 16.6. The van der Waals surface area contributed by atoms with Crippen LogP contribution in [0.1, 0.15) is 31.9 Å². The molecule has 0 amide bonds. The Morgan fingerprint density at radius 3 is 2.30 bits per heavy atom. The summed E-state index contributed by atoms with van der Waals surface area (Å²) in [7, 11) is 1.21. The van der Waals surface area contributed by atoms with E-state index in [1.54, 1.807) is 51.1 Å². The van der Waals surface area contributed by atoms with Crippen molar-refractivity contribution in [3.63, 3.8) is 0 Å². The molecule has 0 saturated carbocycles. The summed E-state index contributed by atoms with van der Waals surface area (Å²) in [5, 5.41) is 22.8. The maximum absolute atomic E-state index is 11.9. The summed E-state index contributed by atoms with van der Waals surface area (Å²) >= 11 is 0. The number of hydrogen-bond acceptors (Lipinski definition) is 6. The van der Waals surface area contributed by atoms with Crippen LogP contribution >= 0.6 is 0 Å². The first-order valence-corrected chi connectivity index (χ1v) is 8.40. The van der Waals surface area contributed by atoms with Gasteiger partial charge in [0.25, 0.3) is 5.69 Å². The number of phenolic OH excluding ortho intramolecular Hbond substituents is 1. The number of methoxy groups -OCH3 is 1. The lowest BCUT2D eigenvalue weighted by molar-refractivity contribution is -0.386. The van der Waals surface area contributed by atoms with Crippen LogP contribution in [0.25, 0.3) is 11.1 Å². The van der Waals surface area contributed by atoms with E-state index in [9.17, 15) is 20.0 Å². The molecule has 0 atom stereocenters. The van der Waals surface area contributed by atoms with E-state index in [0.29, 0.717) is 5.56 Å². The zero-order valence-corrected chi connectivity index (χ0v) is 16.0. The number of ether oxygens (including phenoxy) is 2. The van der Waals surface area contributed by atoms with Crippen LogP contribution in [0.15, 0.2) is 30.3 Å². The second-order valence-corrected chi connectivity index (χ2v) is 7.10. The third-order valence-corrected chi connectivity index (χ3v) is 3.94. The first kappa shape index (κ1) is 20.2. The molecular formula is C20H23NO6. The summed E-state index contributed by atoms with van der Waals surface area (Å²) in [6, 6.07) is 8.68. The van der Waals surface area contributed by atoms with Gasteiger partial charge in [-0.25, -0.2) is 0 Å². The number of nitro benzene ring substituents is 1. The number of nitrogens with zero attached hydrogens (tertiary/aromatic N) is 1. The van der Waals surface area contributed by atoms with Gasteiger partial charge in [0.05, 0.1) is 29.6 Å². The molecule has 0 aliphatic heterocycles. The van der Waals surface area contributed by atoms with Gasteiger partial charge < -0.3 is 14.6 Å². The van der Waals surface area contributed by atoms with Gasteiger partial charge in [-0.1, -0.05) is 30.3 Å². The molecule has 144 valence electrons. The van der Waals surface area contributed by atoms with E-state index < -0.39 is 16.5 Å². The van der Waals surface area contributed by atoms with Crippen molar-refractivity contribution < 1.29 is 24.3 Å². The molecule has 7 nitrogen and oxygen atoms in total. The van der Waals surface area contributed by atoms with Gasteiger partial charge >= 0.3 is 5.97 Å². The van der Waals surface area contributed by atoms with Crippen molar-refractivity contribution >= 4 is 11.7 Å². The van der Waals surface area contributed by atoms with Crippen molar-refractivity contribution in [2.24, 2.45) is 0 Å². The molecule has 7 heteroatoms. The van der Waals surface area contributed by atoms with Crippen molar-refractivity contribution in [3.8, 4) is 22.6 Å². The number of rotatable bonds is 5. The molecule has 2 aromatic rings. The summed E-state index contributed by atoms with van der Waals surface area (Å²) in [6.07, 6.45) is -0.346. The first-order chi connectivity index (χ1) is 12.6. The van der Waals surface area contributed by atoms with Gasteiger partial charge in [-0.3, -0.25) is 14.9 Å². The fourth-order valence-electron chi connectivity index (χ4n) is 2.87. The number of benzene rings is 2. The van der Waals surface area contributed by atoms with Crippen molar-refractivity contribution in [1.82, 2.24) is 0 Å². The highest BCUT2D eigenvalue weighted by Gasteiger charge is 2.33. The van der Waals surface area contributed by atoms with Gasteiger partial charge in [-0.05, 0) is 33.3 Å². The standard InChI is InChI=1S/C20H23NO6/c1-12-17(21(24)25)14(11-15(22)26-5)16(13-9-7-6-8-10-13)18(23)19(12)27-20(2,3)4/h6-10,23H,11H2,1-5H3. The summed E-state index contributed by atoms with van der Waals surface area (Å²) in [5.74, 6) is -0.849. The van der Waals surface area contributed by atoms with Crippen LogP contribution in [0, 0.1) is 17.0 Å². The predicted molar refractivity (Wildman–Crippen MR) is 101 cm³/mol. The zero-order chi connectivity index (χ0) is 20.4. The quantitative estimate of drug-likeness (QED) is 0.480. The van der Waals surface area contributed by atoms with Crippen molar-refractivity contribution in [2.75, 3.05) is 7.11 Å². The fraction of sp³-hybridized carbons (Fsp3) is 0.350. The highest BCUT2D eigenvalue weighted by molar-refractivity contribution is 5.87. The molecule has 0 aliphatic carbocycles. The Hall–Kier alpha value is -3.09. The van der Waals surface area contributed by atoms with Crippen LogP contribution in [0.4, 0.5) is 5.69 Å². The molecular weight excluding hydrogens is 350 g/mol. The number of phenols is 1. The van der Waals surface area contributed by atoms with Gasteiger partial charge in [-0.2, -0.15) is 0 Å². The van der Waals surface area contributed by atoms with Crippen molar-refractivity contribution in [2.45, 2.75) is 39.7 Å². The van der Waals surface area contributed by atoms with Gasteiger partial charge in [0.15, 0.2) is 11.5 Å². The van der Waals surface area contributed by atoms with Gasteiger partial charge in [0.1, 0.15) is 5.60 Å². The third kappa shape index (κ3) is 4.36. The summed E-state index contributed by atoms with van der Waals surface area (Å²) < 4.78 is 10.5. The Morgan fingerprint density at radius 2 is 1.81 bits per heavy atom. The van der Waals surface area contributed by atoms with Crippen LogP contribution in [0.2, 0.25) is 0 Å². The smallest absolute Gasteiger partial charge is 0.310 e. The largest absolute Gasteiger partial charge is 0.504 e. The molecule has 0 fully saturated rings. The fourth-order valence-corrected chi connectivity index (χ4v) is 2.87. The SMILES string of the molecule is COC(=O)Cc1c(-c2ccccc2)c(O)c(OC(C)(C)C)c(C)c1[N+](=O)[O-]. The summed E-state index contributed by atoms with van der Waals surface area (Å²) in [6.45, 7) is 6.83. The summed E-state index contributed by atoms with van der Waals surface area (Å²) in [5.41, 5.74) is 0.0263. The average molecular weight is 373 g/mol. The topological polar surface area (TPSA) is 98.9 Å². The predicted octanol–water partition coefficient (Wildman–Crippen LogP) is 4.17. The van der Waals surface area contributed by atoms with Crippen LogP contribution < -0.4 is 4.74 Å². The van der Waals surface area contributed by atoms with Crippen molar-refractivity contribution in [3.05, 3.63) is 51.6 Å². The lowest BCUT2D eigenvalue weighted by atomic mass is 9.91.